The summed E-state index contributed by atoms with van der Waals surface area (Å²) in [6, 6.07) is 3.47. The first-order valence-corrected chi connectivity index (χ1v) is 7.69. The summed E-state index contributed by atoms with van der Waals surface area (Å²) < 4.78 is 6.97. The smallest absolute Gasteiger partial charge is 0.327 e. The van der Waals surface area contributed by atoms with Crippen molar-refractivity contribution in [2.24, 2.45) is 5.92 Å². The van der Waals surface area contributed by atoms with Crippen LogP contribution in [0.15, 0.2) is 37.2 Å². The molecule has 1 N–H and O–H groups in total. The fraction of sp³-hybridized carbons (Fsp3) is 0.294. The van der Waals surface area contributed by atoms with Crippen LogP contribution < -0.4 is 10.1 Å². The number of imidazole rings is 1. The highest BCUT2D eigenvalue weighted by Crippen LogP contribution is 2.33. The van der Waals surface area contributed by atoms with E-state index in [1.165, 1.54) is 17.2 Å². The van der Waals surface area contributed by atoms with Gasteiger partial charge in [-0.25, -0.2) is 19.7 Å². The molecule has 0 spiro atoms. The summed E-state index contributed by atoms with van der Waals surface area (Å²) in [7, 11) is 1.59. The van der Waals surface area contributed by atoms with Crippen LogP contribution in [-0.2, 0) is 0 Å². The van der Waals surface area contributed by atoms with Crippen LogP contribution in [0, 0.1) is 5.92 Å². The zero-order chi connectivity index (χ0) is 17.1. The van der Waals surface area contributed by atoms with Gasteiger partial charge in [0.2, 0.25) is 0 Å². The quantitative estimate of drug-likeness (QED) is 0.797. The Bertz CT molecular complexity index is 858. The van der Waals surface area contributed by atoms with E-state index in [2.05, 4.69) is 20.3 Å². The van der Waals surface area contributed by atoms with Crippen LogP contribution in [-0.4, -0.2) is 39.2 Å². The molecule has 3 rings (SSSR count). The van der Waals surface area contributed by atoms with E-state index in [1.54, 1.807) is 25.6 Å². The number of hydrogen-bond acceptors (Lipinski definition) is 5. The Morgan fingerprint density at radius 2 is 2.04 bits per heavy atom. The molecule has 0 radical (unpaired) electrons. The Morgan fingerprint density at radius 1 is 1.29 bits per heavy atom. The minimum absolute atomic E-state index is 0.205. The van der Waals surface area contributed by atoms with Crippen LogP contribution in [0.2, 0.25) is 0 Å². The number of methoxy groups -OCH3 is 1. The van der Waals surface area contributed by atoms with Crippen molar-refractivity contribution in [2.75, 3.05) is 13.7 Å². The van der Waals surface area contributed by atoms with Crippen molar-refractivity contribution in [3.63, 3.8) is 0 Å². The van der Waals surface area contributed by atoms with Gasteiger partial charge in [-0.05, 0) is 12.0 Å². The minimum atomic E-state index is -0.205. The van der Waals surface area contributed by atoms with Gasteiger partial charge in [0, 0.05) is 36.1 Å². The van der Waals surface area contributed by atoms with E-state index in [0.717, 1.165) is 11.1 Å². The average molecular weight is 325 g/mol. The number of hydrogen-bond donors (Lipinski definition) is 1. The molecule has 0 saturated heterocycles. The molecule has 7 nitrogen and oxygen atoms in total. The summed E-state index contributed by atoms with van der Waals surface area (Å²) in [5.41, 5.74) is 3.05. The molecule has 0 aliphatic heterocycles. The van der Waals surface area contributed by atoms with Gasteiger partial charge >= 0.3 is 6.03 Å². The normalized spacial score (nSPS) is 11.0. The van der Waals surface area contributed by atoms with Gasteiger partial charge < -0.3 is 10.1 Å². The lowest BCUT2D eigenvalue weighted by Gasteiger charge is -2.11. The zero-order valence-corrected chi connectivity index (χ0v) is 13.9. The average Bonchev–Trinajstić information content (AvgIpc) is 3.02. The highest BCUT2D eigenvalue weighted by molar-refractivity contribution is 5.93. The first kappa shape index (κ1) is 15.9. The van der Waals surface area contributed by atoms with Crippen LogP contribution in [0.5, 0.6) is 5.75 Å². The van der Waals surface area contributed by atoms with Gasteiger partial charge in [0.15, 0.2) is 0 Å². The molecule has 124 valence electrons. The summed E-state index contributed by atoms with van der Waals surface area (Å²) in [5, 5.41) is 2.88. The predicted molar refractivity (Wildman–Crippen MR) is 90.9 cm³/mol. The van der Waals surface area contributed by atoms with Crippen molar-refractivity contribution in [2.45, 2.75) is 13.8 Å². The number of nitrogens with one attached hydrogen (secondary N) is 1. The molecule has 2 heterocycles. The first-order chi connectivity index (χ1) is 11.6. The van der Waals surface area contributed by atoms with E-state index in [9.17, 15) is 4.79 Å². The van der Waals surface area contributed by atoms with Gasteiger partial charge in [0.05, 0.1) is 18.1 Å². The number of fused-ring (bicyclic) bond motifs is 1. The molecule has 0 unspecified atom stereocenters. The van der Waals surface area contributed by atoms with Crippen molar-refractivity contribution < 1.29 is 9.53 Å². The fourth-order valence-electron chi connectivity index (χ4n) is 2.41. The van der Waals surface area contributed by atoms with E-state index >= 15 is 0 Å². The number of rotatable bonds is 4. The second-order valence-corrected chi connectivity index (χ2v) is 5.86. The number of aromatic nitrogens is 4. The molecule has 3 aromatic rings. The molecule has 0 saturated carbocycles. The number of nitrogens with zero attached hydrogens (tertiary/aromatic N) is 4. The van der Waals surface area contributed by atoms with Gasteiger partial charge in [0.1, 0.15) is 18.4 Å². The summed E-state index contributed by atoms with van der Waals surface area (Å²) in [5.74, 6) is 1.01. The molecular formula is C17H19N5O2. The molecule has 0 aliphatic rings. The third-order valence-electron chi connectivity index (χ3n) is 3.62. The Labute approximate surface area is 139 Å². The van der Waals surface area contributed by atoms with Crippen molar-refractivity contribution in [3.8, 4) is 16.9 Å². The number of amides is 1. The number of ether oxygens (including phenoxy) is 1. The number of carbonyl (C=O) groups excluding carboxylic acids is 1. The molecule has 2 aromatic heterocycles. The van der Waals surface area contributed by atoms with Gasteiger partial charge in [-0.1, -0.05) is 13.8 Å². The third-order valence-corrected chi connectivity index (χ3v) is 3.62. The van der Waals surface area contributed by atoms with E-state index < -0.39 is 0 Å². The highest BCUT2D eigenvalue weighted by Gasteiger charge is 2.15. The Kier molecular flexibility index (Phi) is 4.41. The Hall–Kier alpha value is -2.96. The molecule has 0 bridgehead atoms. The molecule has 1 amide bonds. The standard InChI is InChI=1S/C17H19N5O2/c1-11(2)6-20-17(23)22-10-21-14-4-13(12-7-18-9-19-8-12)16(24-3)5-15(14)22/h4-5,7-11H,6H2,1-3H3,(H,20,23). The van der Waals surface area contributed by atoms with Gasteiger partial charge in [0.25, 0.3) is 0 Å². The lowest BCUT2D eigenvalue weighted by Crippen LogP contribution is -2.31. The topological polar surface area (TPSA) is 81.9 Å². The van der Waals surface area contributed by atoms with Gasteiger partial charge in [-0.3, -0.25) is 4.57 Å². The van der Waals surface area contributed by atoms with Crippen LogP contribution in [0.4, 0.5) is 4.79 Å². The summed E-state index contributed by atoms with van der Waals surface area (Å²) in [6.45, 7) is 4.70. The van der Waals surface area contributed by atoms with Crippen molar-refractivity contribution in [3.05, 3.63) is 37.2 Å². The lowest BCUT2D eigenvalue weighted by molar-refractivity contribution is 0.242. The maximum absolute atomic E-state index is 12.3. The largest absolute Gasteiger partial charge is 0.496 e. The molecule has 0 atom stereocenters. The maximum atomic E-state index is 12.3. The first-order valence-electron chi connectivity index (χ1n) is 7.69. The molecule has 24 heavy (non-hydrogen) atoms. The van der Waals surface area contributed by atoms with Crippen molar-refractivity contribution in [1.82, 2.24) is 24.8 Å². The van der Waals surface area contributed by atoms with Crippen molar-refractivity contribution in [1.29, 1.82) is 0 Å². The molecule has 1 aromatic carbocycles. The number of benzene rings is 1. The molecule has 0 aliphatic carbocycles. The minimum Gasteiger partial charge on any atom is -0.496 e. The Morgan fingerprint density at radius 3 is 2.71 bits per heavy atom. The molecular weight excluding hydrogens is 306 g/mol. The van der Waals surface area contributed by atoms with Crippen LogP contribution in [0.1, 0.15) is 13.8 Å². The summed E-state index contributed by atoms with van der Waals surface area (Å²) in [4.78, 5) is 24.7. The zero-order valence-electron chi connectivity index (χ0n) is 13.9. The molecule has 7 heteroatoms. The van der Waals surface area contributed by atoms with Crippen LogP contribution in [0.25, 0.3) is 22.2 Å². The molecule has 0 fully saturated rings. The van der Waals surface area contributed by atoms with Gasteiger partial charge in [-0.2, -0.15) is 0 Å². The summed E-state index contributed by atoms with van der Waals surface area (Å²) in [6.07, 6.45) is 6.42. The SMILES string of the molecule is COc1cc2c(cc1-c1cncnc1)ncn2C(=O)NCC(C)C. The van der Waals surface area contributed by atoms with Crippen LogP contribution in [0.3, 0.4) is 0 Å². The monoisotopic (exact) mass is 325 g/mol. The number of carbonyl (C=O) groups is 1. The van der Waals surface area contributed by atoms with Gasteiger partial charge in [-0.15, -0.1) is 0 Å². The van der Waals surface area contributed by atoms with E-state index in [4.69, 9.17) is 4.74 Å². The fourth-order valence-corrected chi connectivity index (χ4v) is 2.41. The van der Waals surface area contributed by atoms with Crippen LogP contribution >= 0.6 is 0 Å². The lowest BCUT2D eigenvalue weighted by atomic mass is 10.1. The second-order valence-electron chi connectivity index (χ2n) is 5.86. The van der Waals surface area contributed by atoms with Crippen molar-refractivity contribution >= 4 is 17.1 Å². The Balaban J connectivity index is 2.03. The highest BCUT2D eigenvalue weighted by atomic mass is 16.5. The second kappa shape index (κ2) is 6.66. The van der Waals surface area contributed by atoms with E-state index in [1.807, 2.05) is 19.9 Å². The maximum Gasteiger partial charge on any atom is 0.327 e. The summed E-state index contributed by atoms with van der Waals surface area (Å²) >= 11 is 0. The van der Waals surface area contributed by atoms with E-state index in [-0.39, 0.29) is 6.03 Å². The predicted octanol–water partition coefficient (Wildman–Crippen LogP) is 2.72. The third kappa shape index (κ3) is 3.05. The van der Waals surface area contributed by atoms with E-state index in [0.29, 0.717) is 29.2 Å².